The van der Waals surface area contributed by atoms with E-state index in [4.69, 9.17) is 18.9 Å². The first-order valence-electron chi connectivity index (χ1n) is 11.2. The van der Waals surface area contributed by atoms with E-state index < -0.39 is 0 Å². The van der Waals surface area contributed by atoms with Crippen molar-refractivity contribution in [1.82, 2.24) is 0 Å². The zero-order valence-corrected chi connectivity index (χ0v) is 18.7. The van der Waals surface area contributed by atoms with E-state index in [1.165, 1.54) is 0 Å². The highest BCUT2D eigenvalue weighted by atomic mass is 16.6. The maximum Gasteiger partial charge on any atom is 0.150 e. The Morgan fingerprint density at radius 1 is 0.697 bits per heavy atom. The summed E-state index contributed by atoms with van der Waals surface area (Å²) in [7, 11) is 0. The van der Waals surface area contributed by atoms with Crippen LogP contribution in [0.2, 0.25) is 0 Å². The van der Waals surface area contributed by atoms with E-state index in [1.807, 2.05) is 66.7 Å². The van der Waals surface area contributed by atoms with Crippen LogP contribution in [-0.2, 0) is 38.8 Å². The number of hydrogen-bond acceptors (Lipinski definition) is 4. The van der Waals surface area contributed by atoms with Crippen LogP contribution in [0.25, 0.3) is 0 Å². The van der Waals surface area contributed by atoms with Gasteiger partial charge in [0.2, 0.25) is 0 Å². The summed E-state index contributed by atoms with van der Waals surface area (Å²) >= 11 is 0. The van der Waals surface area contributed by atoms with E-state index in [0.29, 0.717) is 26.4 Å². The Labute approximate surface area is 196 Å². The molecular weight excluding hydrogens is 412 g/mol. The SMILES string of the molecule is C=CC1=CO[C@H](COCc2ccccc2)[C@@H](OCc2ccccc2)[C@@H]1OCc1ccccc1. The lowest BCUT2D eigenvalue weighted by molar-refractivity contribution is -0.150. The minimum Gasteiger partial charge on any atom is -0.492 e. The van der Waals surface area contributed by atoms with E-state index in [9.17, 15) is 0 Å². The largest absolute Gasteiger partial charge is 0.492 e. The molecule has 1 aliphatic rings. The lowest BCUT2D eigenvalue weighted by Gasteiger charge is -2.37. The molecule has 0 aromatic heterocycles. The van der Waals surface area contributed by atoms with Crippen molar-refractivity contribution in [3.63, 3.8) is 0 Å². The summed E-state index contributed by atoms with van der Waals surface area (Å²) in [6, 6.07) is 30.4. The molecule has 4 rings (SSSR count). The summed E-state index contributed by atoms with van der Waals surface area (Å²) in [5.41, 5.74) is 4.18. The van der Waals surface area contributed by atoms with Gasteiger partial charge in [0, 0.05) is 5.57 Å². The van der Waals surface area contributed by atoms with Gasteiger partial charge in [-0.3, -0.25) is 0 Å². The predicted octanol–water partition coefficient (Wildman–Crippen LogP) is 5.84. The second-order valence-corrected chi connectivity index (χ2v) is 7.98. The van der Waals surface area contributed by atoms with Crippen molar-refractivity contribution in [3.8, 4) is 0 Å². The van der Waals surface area contributed by atoms with Gasteiger partial charge < -0.3 is 18.9 Å². The maximum atomic E-state index is 6.40. The molecule has 3 aromatic carbocycles. The van der Waals surface area contributed by atoms with Crippen molar-refractivity contribution in [2.45, 2.75) is 38.1 Å². The highest BCUT2D eigenvalue weighted by Crippen LogP contribution is 2.28. The monoisotopic (exact) mass is 442 g/mol. The highest BCUT2D eigenvalue weighted by molar-refractivity contribution is 5.25. The molecule has 0 fully saturated rings. The van der Waals surface area contributed by atoms with Gasteiger partial charge >= 0.3 is 0 Å². The van der Waals surface area contributed by atoms with Crippen molar-refractivity contribution in [3.05, 3.63) is 132 Å². The first-order valence-corrected chi connectivity index (χ1v) is 11.2. The summed E-state index contributed by atoms with van der Waals surface area (Å²) in [5, 5.41) is 0. The van der Waals surface area contributed by atoms with Gasteiger partial charge in [0.05, 0.1) is 32.7 Å². The maximum absolute atomic E-state index is 6.40. The smallest absolute Gasteiger partial charge is 0.150 e. The minimum atomic E-state index is -0.345. The average Bonchev–Trinajstić information content (AvgIpc) is 2.88. The molecule has 0 bridgehead atoms. The fourth-order valence-corrected chi connectivity index (χ4v) is 3.77. The van der Waals surface area contributed by atoms with Crippen molar-refractivity contribution in [2.24, 2.45) is 0 Å². The number of ether oxygens (including phenoxy) is 4. The first-order chi connectivity index (χ1) is 16.3. The third-order valence-corrected chi connectivity index (χ3v) is 5.56. The summed E-state index contributed by atoms with van der Waals surface area (Å²) in [6.45, 7) is 5.79. The lowest BCUT2D eigenvalue weighted by Crippen LogP contribution is -2.47. The van der Waals surface area contributed by atoms with Gasteiger partial charge in [-0.15, -0.1) is 0 Å². The minimum absolute atomic E-state index is 0.304. The summed E-state index contributed by atoms with van der Waals surface area (Å²) in [6.07, 6.45) is 2.53. The number of rotatable bonds is 11. The first kappa shape index (κ1) is 23.0. The molecule has 3 aromatic rings. The summed E-state index contributed by atoms with van der Waals surface area (Å²) in [5.74, 6) is 0. The second-order valence-electron chi connectivity index (χ2n) is 7.98. The van der Waals surface area contributed by atoms with Crippen LogP contribution in [-0.4, -0.2) is 24.9 Å². The Morgan fingerprint density at radius 2 is 1.21 bits per heavy atom. The van der Waals surface area contributed by atoms with Gasteiger partial charge in [-0.05, 0) is 16.7 Å². The van der Waals surface area contributed by atoms with Crippen LogP contribution in [0.15, 0.2) is 115 Å². The third-order valence-electron chi connectivity index (χ3n) is 5.56. The topological polar surface area (TPSA) is 36.9 Å². The molecule has 0 saturated heterocycles. The lowest BCUT2D eigenvalue weighted by atomic mass is 9.98. The van der Waals surface area contributed by atoms with Crippen LogP contribution < -0.4 is 0 Å². The molecule has 1 heterocycles. The molecule has 0 radical (unpaired) electrons. The second kappa shape index (κ2) is 12.2. The standard InChI is InChI=1S/C29H30O4/c1-2-26-21-31-27(22-30-18-23-12-6-3-7-13-23)29(33-20-25-16-10-5-11-17-25)28(26)32-19-24-14-8-4-9-15-24/h2-17,21,27-29H,1,18-20,22H2/t27-,28-,29-/m1/s1. The molecular formula is C29H30O4. The molecule has 3 atom stereocenters. The van der Waals surface area contributed by atoms with E-state index in [-0.39, 0.29) is 18.3 Å². The van der Waals surface area contributed by atoms with E-state index in [1.54, 1.807) is 12.3 Å². The normalized spacial score (nSPS) is 20.0. The van der Waals surface area contributed by atoms with Gasteiger partial charge in [-0.25, -0.2) is 0 Å². The molecule has 170 valence electrons. The zero-order chi connectivity index (χ0) is 22.7. The van der Waals surface area contributed by atoms with Crippen molar-refractivity contribution in [1.29, 1.82) is 0 Å². The van der Waals surface area contributed by atoms with E-state index in [2.05, 4.69) is 30.8 Å². The Kier molecular flexibility index (Phi) is 8.48. The molecule has 33 heavy (non-hydrogen) atoms. The van der Waals surface area contributed by atoms with E-state index >= 15 is 0 Å². The van der Waals surface area contributed by atoms with Gasteiger partial charge in [0.15, 0.2) is 0 Å². The fraction of sp³-hybridized carbons (Fsp3) is 0.241. The Balaban J connectivity index is 1.47. The molecule has 0 aliphatic carbocycles. The Hall–Kier alpha value is -3.18. The summed E-state index contributed by atoms with van der Waals surface area (Å²) in [4.78, 5) is 0. The molecule has 0 spiro atoms. The molecule has 4 heteroatoms. The number of hydrogen-bond donors (Lipinski definition) is 0. The third kappa shape index (κ3) is 6.65. The van der Waals surface area contributed by atoms with Crippen LogP contribution in [0, 0.1) is 0 Å². The Morgan fingerprint density at radius 3 is 1.76 bits per heavy atom. The van der Waals surface area contributed by atoms with Crippen molar-refractivity contribution in [2.75, 3.05) is 6.61 Å². The van der Waals surface area contributed by atoms with Crippen LogP contribution in [0.4, 0.5) is 0 Å². The number of benzene rings is 3. The van der Waals surface area contributed by atoms with Crippen LogP contribution in [0.5, 0.6) is 0 Å². The quantitative estimate of drug-likeness (QED) is 0.374. The fourth-order valence-electron chi connectivity index (χ4n) is 3.77. The molecule has 0 unspecified atom stereocenters. The molecule has 0 amide bonds. The average molecular weight is 443 g/mol. The van der Waals surface area contributed by atoms with Crippen LogP contribution in [0.1, 0.15) is 16.7 Å². The van der Waals surface area contributed by atoms with Gasteiger partial charge in [0.1, 0.15) is 18.3 Å². The predicted molar refractivity (Wildman–Crippen MR) is 129 cm³/mol. The van der Waals surface area contributed by atoms with Crippen LogP contribution >= 0.6 is 0 Å². The Bertz CT molecular complexity index is 1000. The molecule has 1 aliphatic heterocycles. The van der Waals surface area contributed by atoms with Gasteiger partial charge in [0.25, 0.3) is 0 Å². The summed E-state index contributed by atoms with van der Waals surface area (Å²) < 4.78 is 24.8. The van der Waals surface area contributed by atoms with Crippen molar-refractivity contribution >= 4 is 0 Å². The molecule has 0 saturated carbocycles. The molecule has 0 N–H and O–H groups in total. The van der Waals surface area contributed by atoms with Gasteiger partial charge in [-0.2, -0.15) is 0 Å². The molecule has 4 nitrogen and oxygen atoms in total. The van der Waals surface area contributed by atoms with Crippen molar-refractivity contribution < 1.29 is 18.9 Å². The zero-order valence-electron chi connectivity index (χ0n) is 18.7. The highest BCUT2D eigenvalue weighted by Gasteiger charge is 2.38. The van der Waals surface area contributed by atoms with Crippen LogP contribution in [0.3, 0.4) is 0 Å². The van der Waals surface area contributed by atoms with E-state index in [0.717, 1.165) is 22.3 Å². The van der Waals surface area contributed by atoms with Gasteiger partial charge in [-0.1, -0.05) is 104 Å².